The molecule has 0 fully saturated rings. The number of nitrogens with zero attached hydrogens (tertiary/aromatic N) is 1. The number of carboxylic acid groups (broad SMARTS) is 1. The van der Waals surface area contributed by atoms with Gasteiger partial charge >= 0.3 is 5.97 Å². The molecular formula is C7H7NO4. The monoisotopic (exact) mass is 169 g/mol. The number of rotatable bonds is 2. The second kappa shape index (κ2) is 3.17. The summed E-state index contributed by atoms with van der Waals surface area (Å²) in [5.41, 5.74) is 0.292. The molecule has 0 aromatic rings. The number of hydrogen-bond donors (Lipinski definition) is 1. The van der Waals surface area contributed by atoms with E-state index in [4.69, 9.17) is 5.11 Å². The predicted molar refractivity (Wildman–Crippen MR) is 40.0 cm³/mol. The second-order valence-electron chi connectivity index (χ2n) is 2.41. The van der Waals surface area contributed by atoms with E-state index in [1.807, 2.05) is 0 Å². The number of allylic oxidation sites excluding steroid dienone is 3. The van der Waals surface area contributed by atoms with E-state index in [-0.39, 0.29) is 24.1 Å². The van der Waals surface area contributed by atoms with Gasteiger partial charge in [0, 0.05) is 18.1 Å². The Morgan fingerprint density at radius 1 is 1.50 bits per heavy atom. The van der Waals surface area contributed by atoms with Crippen molar-refractivity contribution in [3.8, 4) is 0 Å². The van der Waals surface area contributed by atoms with Crippen molar-refractivity contribution in [1.29, 1.82) is 0 Å². The van der Waals surface area contributed by atoms with Gasteiger partial charge in [0.15, 0.2) is 0 Å². The molecule has 0 unspecified atom stereocenters. The maximum atomic E-state index is 10.4. The van der Waals surface area contributed by atoms with Gasteiger partial charge in [-0.3, -0.25) is 10.1 Å². The van der Waals surface area contributed by atoms with Crippen LogP contribution in [0.1, 0.15) is 12.8 Å². The standard InChI is InChI=1S/C7H7NO4/c9-7(10)5-1-3-6(4-2-5)8(11)12/h1,3H,2,4H2,(H,9,10). The number of nitro groups is 1. The summed E-state index contributed by atoms with van der Waals surface area (Å²) in [5, 5.41) is 18.7. The lowest BCUT2D eigenvalue weighted by atomic mass is 10.0. The van der Waals surface area contributed by atoms with E-state index in [9.17, 15) is 14.9 Å². The van der Waals surface area contributed by atoms with Gasteiger partial charge in [-0.1, -0.05) is 0 Å². The fourth-order valence-corrected chi connectivity index (χ4v) is 0.957. The molecule has 0 amide bonds. The lowest BCUT2D eigenvalue weighted by molar-refractivity contribution is -0.428. The molecular weight excluding hydrogens is 162 g/mol. The van der Waals surface area contributed by atoms with Crippen molar-refractivity contribution in [2.24, 2.45) is 0 Å². The van der Waals surface area contributed by atoms with E-state index in [1.54, 1.807) is 0 Å². The fourth-order valence-electron chi connectivity index (χ4n) is 0.957. The van der Waals surface area contributed by atoms with Crippen molar-refractivity contribution in [3.05, 3.63) is 33.5 Å². The Morgan fingerprint density at radius 3 is 2.50 bits per heavy atom. The summed E-state index contributed by atoms with van der Waals surface area (Å²) in [6, 6.07) is 0. The third-order valence-electron chi connectivity index (χ3n) is 1.64. The molecule has 0 bridgehead atoms. The molecule has 0 radical (unpaired) electrons. The molecule has 1 rings (SSSR count). The Labute approximate surface area is 68.2 Å². The molecule has 0 aliphatic heterocycles. The van der Waals surface area contributed by atoms with Gasteiger partial charge in [-0.15, -0.1) is 0 Å². The van der Waals surface area contributed by atoms with Gasteiger partial charge in [0.25, 0.3) is 0 Å². The van der Waals surface area contributed by atoms with Crippen molar-refractivity contribution >= 4 is 5.97 Å². The fraction of sp³-hybridized carbons (Fsp3) is 0.286. The van der Waals surface area contributed by atoms with E-state index in [2.05, 4.69) is 0 Å². The first-order chi connectivity index (χ1) is 5.61. The van der Waals surface area contributed by atoms with E-state index in [0.29, 0.717) is 0 Å². The Morgan fingerprint density at radius 2 is 2.17 bits per heavy atom. The zero-order valence-electron chi connectivity index (χ0n) is 6.19. The molecule has 0 spiro atoms. The van der Waals surface area contributed by atoms with Crippen LogP contribution in [0.5, 0.6) is 0 Å². The molecule has 0 heterocycles. The lowest BCUT2D eigenvalue weighted by Crippen LogP contribution is -2.07. The molecule has 0 aromatic heterocycles. The minimum atomic E-state index is -1.01. The highest BCUT2D eigenvalue weighted by Crippen LogP contribution is 2.18. The van der Waals surface area contributed by atoms with Gasteiger partial charge in [-0.25, -0.2) is 4.79 Å². The number of carbonyl (C=O) groups is 1. The normalized spacial score (nSPS) is 16.3. The van der Waals surface area contributed by atoms with Crippen LogP contribution in [0.25, 0.3) is 0 Å². The van der Waals surface area contributed by atoms with Crippen LogP contribution in [-0.4, -0.2) is 16.0 Å². The molecule has 5 heteroatoms. The SMILES string of the molecule is O=C(O)C1=CC=C([N+](=O)[O-])CC1. The summed E-state index contributed by atoms with van der Waals surface area (Å²) < 4.78 is 0. The zero-order valence-corrected chi connectivity index (χ0v) is 6.19. The van der Waals surface area contributed by atoms with Crippen LogP contribution in [0.4, 0.5) is 0 Å². The largest absolute Gasteiger partial charge is 0.478 e. The number of carboxylic acids is 1. The molecule has 1 aliphatic rings. The average molecular weight is 169 g/mol. The molecule has 64 valence electrons. The smallest absolute Gasteiger partial charge is 0.331 e. The summed E-state index contributed by atoms with van der Waals surface area (Å²) in [5.74, 6) is -1.01. The first-order valence-electron chi connectivity index (χ1n) is 3.38. The van der Waals surface area contributed by atoms with Crippen LogP contribution in [-0.2, 0) is 4.79 Å². The van der Waals surface area contributed by atoms with E-state index in [1.165, 1.54) is 12.2 Å². The topological polar surface area (TPSA) is 80.4 Å². The highest BCUT2D eigenvalue weighted by atomic mass is 16.6. The predicted octanol–water partition coefficient (Wildman–Crippen LogP) is 0.952. The van der Waals surface area contributed by atoms with Crippen LogP contribution >= 0.6 is 0 Å². The molecule has 1 N–H and O–H groups in total. The minimum absolute atomic E-state index is 0.0694. The minimum Gasteiger partial charge on any atom is -0.478 e. The maximum absolute atomic E-state index is 10.4. The van der Waals surface area contributed by atoms with Crippen molar-refractivity contribution < 1.29 is 14.8 Å². The van der Waals surface area contributed by atoms with Crippen molar-refractivity contribution in [2.75, 3.05) is 0 Å². The molecule has 0 saturated carbocycles. The third kappa shape index (κ3) is 1.69. The molecule has 12 heavy (non-hydrogen) atoms. The van der Waals surface area contributed by atoms with E-state index < -0.39 is 10.9 Å². The quantitative estimate of drug-likeness (QED) is 0.493. The average Bonchev–Trinajstić information content (AvgIpc) is 2.04. The summed E-state index contributed by atoms with van der Waals surface area (Å²) in [4.78, 5) is 20.1. The molecule has 1 aliphatic carbocycles. The highest BCUT2D eigenvalue weighted by molar-refractivity contribution is 5.87. The number of hydrogen-bond acceptors (Lipinski definition) is 3. The second-order valence-corrected chi connectivity index (χ2v) is 2.41. The van der Waals surface area contributed by atoms with Gasteiger partial charge in [-0.2, -0.15) is 0 Å². The Kier molecular flexibility index (Phi) is 2.23. The van der Waals surface area contributed by atoms with Gasteiger partial charge in [-0.05, 0) is 12.5 Å². The molecule has 0 atom stereocenters. The third-order valence-corrected chi connectivity index (χ3v) is 1.64. The number of aliphatic carboxylic acids is 1. The first-order valence-corrected chi connectivity index (χ1v) is 3.38. The molecule has 5 nitrogen and oxygen atoms in total. The first kappa shape index (κ1) is 8.45. The van der Waals surface area contributed by atoms with Crippen LogP contribution in [0, 0.1) is 10.1 Å². The Bertz CT molecular complexity index is 260. The zero-order chi connectivity index (χ0) is 9.14. The lowest BCUT2D eigenvalue weighted by Gasteiger charge is -2.04. The summed E-state index contributed by atoms with van der Waals surface area (Å²) in [6.07, 6.45) is 2.96. The van der Waals surface area contributed by atoms with Gasteiger partial charge in [0.05, 0.1) is 4.92 Å². The molecule has 0 saturated heterocycles. The maximum Gasteiger partial charge on any atom is 0.331 e. The summed E-state index contributed by atoms with van der Waals surface area (Å²) >= 11 is 0. The summed E-state index contributed by atoms with van der Waals surface area (Å²) in [6.45, 7) is 0. The van der Waals surface area contributed by atoms with Gasteiger partial charge in [0.1, 0.15) is 0 Å². The van der Waals surface area contributed by atoms with Crippen LogP contribution in [0.2, 0.25) is 0 Å². The summed E-state index contributed by atoms with van der Waals surface area (Å²) in [7, 11) is 0. The van der Waals surface area contributed by atoms with Crippen LogP contribution in [0.15, 0.2) is 23.4 Å². The van der Waals surface area contributed by atoms with Gasteiger partial charge in [0.2, 0.25) is 5.70 Å². The Balaban J connectivity index is 2.80. The van der Waals surface area contributed by atoms with Gasteiger partial charge < -0.3 is 5.11 Å². The van der Waals surface area contributed by atoms with Crippen molar-refractivity contribution in [2.45, 2.75) is 12.8 Å². The highest BCUT2D eigenvalue weighted by Gasteiger charge is 2.18. The van der Waals surface area contributed by atoms with Crippen LogP contribution in [0.3, 0.4) is 0 Å². The van der Waals surface area contributed by atoms with E-state index >= 15 is 0 Å². The van der Waals surface area contributed by atoms with Crippen LogP contribution < -0.4 is 0 Å². The van der Waals surface area contributed by atoms with Crippen molar-refractivity contribution in [1.82, 2.24) is 0 Å². The van der Waals surface area contributed by atoms with Crippen molar-refractivity contribution in [3.63, 3.8) is 0 Å². The van der Waals surface area contributed by atoms with E-state index in [0.717, 1.165) is 0 Å². The molecule has 0 aromatic carbocycles. The Hall–Kier alpha value is -1.65.